The monoisotopic (exact) mass is 428 g/mol. The second-order valence-electron chi connectivity index (χ2n) is 8.22. The van der Waals surface area contributed by atoms with Crippen molar-refractivity contribution in [2.75, 3.05) is 11.9 Å². The number of hydrogen-bond donors (Lipinski definition) is 1. The van der Waals surface area contributed by atoms with Crippen LogP contribution in [0.3, 0.4) is 0 Å². The number of carbonyl (C=O) groups is 1. The average Bonchev–Trinajstić information content (AvgIpc) is 3.21. The van der Waals surface area contributed by atoms with Gasteiger partial charge in [0.2, 0.25) is 5.89 Å². The SMILES string of the molecule is CCC(C)c1ccc(OCC(=O)Nc2ccc(-c3nc4cc(C)c(C)cc4o3)cc2)cc1. The third-order valence-corrected chi connectivity index (χ3v) is 5.85. The van der Waals surface area contributed by atoms with Gasteiger partial charge in [-0.15, -0.1) is 0 Å². The first kappa shape index (κ1) is 21.6. The van der Waals surface area contributed by atoms with Gasteiger partial charge in [-0.1, -0.05) is 26.0 Å². The molecule has 0 spiro atoms. The molecule has 3 aromatic carbocycles. The first-order chi connectivity index (χ1) is 15.4. The molecule has 32 heavy (non-hydrogen) atoms. The van der Waals surface area contributed by atoms with E-state index in [1.54, 1.807) is 0 Å². The van der Waals surface area contributed by atoms with Crippen molar-refractivity contribution in [2.24, 2.45) is 0 Å². The summed E-state index contributed by atoms with van der Waals surface area (Å²) in [7, 11) is 0. The van der Waals surface area contributed by atoms with E-state index in [1.165, 1.54) is 16.7 Å². The molecule has 0 fully saturated rings. The molecule has 0 aliphatic heterocycles. The molecule has 1 atom stereocenters. The number of oxazole rings is 1. The minimum absolute atomic E-state index is 0.0474. The van der Waals surface area contributed by atoms with Crippen LogP contribution in [0, 0.1) is 13.8 Å². The number of anilines is 1. The molecule has 0 radical (unpaired) electrons. The maximum absolute atomic E-state index is 12.3. The molecular formula is C27H28N2O3. The lowest BCUT2D eigenvalue weighted by Gasteiger charge is -2.11. The molecule has 5 heteroatoms. The van der Waals surface area contributed by atoms with Crippen LogP contribution in [0.5, 0.6) is 5.75 Å². The Morgan fingerprint density at radius 1 is 1.03 bits per heavy atom. The molecule has 0 aliphatic carbocycles. The highest BCUT2D eigenvalue weighted by Gasteiger charge is 2.11. The van der Waals surface area contributed by atoms with Crippen LogP contribution in [0.15, 0.2) is 65.1 Å². The molecule has 0 saturated carbocycles. The summed E-state index contributed by atoms with van der Waals surface area (Å²) in [4.78, 5) is 16.9. The molecule has 1 amide bonds. The Morgan fingerprint density at radius 2 is 1.72 bits per heavy atom. The van der Waals surface area contributed by atoms with Crippen LogP contribution in [-0.2, 0) is 4.79 Å². The number of rotatable bonds is 7. The number of aryl methyl sites for hydroxylation is 2. The van der Waals surface area contributed by atoms with Crippen molar-refractivity contribution in [2.45, 2.75) is 40.0 Å². The highest BCUT2D eigenvalue weighted by atomic mass is 16.5. The maximum Gasteiger partial charge on any atom is 0.262 e. The lowest BCUT2D eigenvalue weighted by molar-refractivity contribution is -0.118. The number of hydrogen-bond acceptors (Lipinski definition) is 4. The minimum atomic E-state index is -0.212. The van der Waals surface area contributed by atoms with Gasteiger partial charge in [-0.3, -0.25) is 4.79 Å². The standard InChI is InChI=1S/C27H28N2O3/c1-5-17(2)20-8-12-23(13-9-20)31-16-26(30)28-22-10-6-21(7-11-22)27-29-24-14-18(3)19(4)15-25(24)32-27/h6-15,17H,5,16H2,1-4H3,(H,28,30). The summed E-state index contributed by atoms with van der Waals surface area (Å²) in [5.74, 6) is 1.55. The Labute approximate surface area is 188 Å². The number of fused-ring (bicyclic) bond motifs is 1. The van der Waals surface area contributed by atoms with E-state index in [4.69, 9.17) is 9.15 Å². The molecular weight excluding hydrogens is 400 g/mol. The van der Waals surface area contributed by atoms with Crippen LogP contribution in [-0.4, -0.2) is 17.5 Å². The van der Waals surface area contributed by atoms with Crippen LogP contribution in [0.2, 0.25) is 0 Å². The second kappa shape index (κ2) is 9.27. The third kappa shape index (κ3) is 4.83. The normalized spacial score (nSPS) is 12.0. The van der Waals surface area contributed by atoms with Crippen molar-refractivity contribution in [1.82, 2.24) is 4.98 Å². The number of nitrogens with one attached hydrogen (secondary N) is 1. The zero-order chi connectivity index (χ0) is 22.7. The van der Waals surface area contributed by atoms with Crippen LogP contribution in [0.1, 0.15) is 42.9 Å². The largest absolute Gasteiger partial charge is 0.484 e. The van der Waals surface area contributed by atoms with E-state index in [9.17, 15) is 4.79 Å². The highest BCUT2D eigenvalue weighted by Crippen LogP contribution is 2.27. The number of nitrogens with zero attached hydrogens (tertiary/aromatic N) is 1. The fourth-order valence-corrected chi connectivity index (χ4v) is 3.47. The van der Waals surface area contributed by atoms with Gasteiger partial charge in [-0.05, 0) is 91.4 Å². The summed E-state index contributed by atoms with van der Waals surface area (Å²) in [5, 5.41) is 2.86. The summed E-state index contributed by atoms with van der Waals surface area (Å²) in [6, 6.07) is 19.4. The van der Waals surface area contributed by atoms with Gasteiger partial charge < -0.3 is 14.5 Å². The lowest BCUT2D eigenvalue weighted by Crippen LogP contribution is -2.20. The average molecular weight is 429 g/mol. The topological polar surface area (TPSA) is 64.4 Å². The Balaban J connectivity index is 1.35. The summed E-state index contributed by atoms with van der Waals surface area (Å²) >= 11 is 0. The van der Waals surface area contributed by atoms with E-state index < -0.39 is 0 Å². The van der Waals surface area contributed by atoms with Crippen LogP contribution < -0.4 is 10.1 Å². The van der Waals surface area contributed by atoms with Crippen molar-refractivity contribution in [3.05, 3.63) is 77.4 Å². The van der Waals surface area contributed by atoms with Gasteiger partial charge in [0.25, 0.3) is 5.91 Å². The highest BCUT2D eigenvalue weighted by molar-refractivity contribution is 5.92. The smallest absolute Gasteiger partial charge is 0.262 e. The summed E-state index contributed by atoms with van der Waals surface area (Å²) in [6.07, 6.45) is 1.09. The molecule has 0 saturated heterocycles. The molecule has 164 valence electrons. The number of benzene rings is 3. The number of aromatic nitrogens is 1. The molecule has 1 N–H and O–H groups in total. The Kier molecular flexibility index (Phi) is 6.26. The Hall–Kier alpha value is -3.60. The Morgan fingerprint density at radius 3 is 2.41 bits per heavy atom. The number of amides is 1. The molecule has 4 rings (SSSR count). The van der Waals surface area contributed by atoms with Crippen molar-refractivity contribution < 1.29 is 13.9 Å². The van der Waals surface area contributed by atoms with E-state index in [-0.39, 0.29) is 12.5 Å². The summed E-state index contributed by atoms with van der Waals surface area (Å²) in [6.45, 7) is 8.43. The van der Waals surface area contributed by atoms with Gasteiger partial charge in [0.05, 0.1) is 0 Å². The molecule has 0 aliphatic rings. The van der Waals surface area contributed by atoms with Crippen LogP contribution >= 0.6 is 0 Å². The maximum atomic E-state index is 12.3. The van der Waals surface area contributed by atoms with Crippen molar-refractivity contribution in [1.29, 1.82) is 0 Å². The first-order valence-electron chi connectivity index (χ1n) is 10.9. The van der Waals surface area contributed by atoms with Gasteiger partial charge >= 0.3 is 0 Å². The molecule has 1 heterocycles. The molecule has 0 bridgehead atoms. The van der Waals surface area contributed by atoms with Gasteiger partial charge in [0.15, 0.2) is 12.2 Å². The fourth-order valence-electron chi connectivity index (χ4n) is 3.47. The van der Waals surface area contributed by atoms with Crippen LogP contribution in [0.25, 0.3) is 22.6 Å². The van der Waals surface area contributed by atoms with Gasteiger partial charge in [0.1, 0.15) is 11.3 Å². The third-order valence-electron chi connectivity index (χ3n) is 5.85. The number of carbonyl (C=O) groups excluding carboxylic acids is 1. The van der Waals surface area contributed by atoms with Crippen LogP contribution in [0.4, 0.5) is 5.69 Å². The Bertz CT molecular complexity index is 1190. The molecule has 5 nitrogen and oxygen atoms in total. The quantitative estimate of drug-likeness (QED) is 0.358. The van der Waals surface area contributed by atoms with E-state index >= 15 is 0 Å². The van der Waals surface area contributed by atoms with E-state index in [0.717, 1.165) is 23.1 Å². The van der Waals surface area contributed by atoms with Gasteiger partial charge in [-0.2, -0.15) is 0 Å². The van der Waals surface area contributed by atoms with Crippen molar-refractivity contribution >= 4 is 22.7 Å². The zero-order valence-corrected chi connectivity index (χ0v) is 18.9. The molecule has 1 unspecified atom stereocenters. The van der Waals surface area contributed by atoms with Crippen molar-refractivity contribution in [3.8, 4) is 17.2 Å². The van der Waals surface area contributed by atoms with E-state index in [0.29, 0.717) is 23.2 Å². The summed E-state index contributed by atoms with van der Waals surface area (Å²) < 4.78 is 11.5. The van der Waals surface area contributed by atoms with Crippen molar-refractivity contribution in [3.63, 3.8) is 0 Å². The fraction of sp³-hybridized carbons (Fsp3) is 0.259. The number of ether oxygens (including phenoxy) is 1. The predicted octanol–water partition coefficient (Wildman–Crippen LogP) is 6.64. The minimum Gasteiger partial charge on any atom is -0.484 e. The lowest BCUT2D eigenvalue weighted by atomic mass is 9.99. The van der Waals surface area contributed by atoms with E-state index in [1.807, 2.05) is 48.5 Å². The van der Waals surface area contributed by atoms with Gasteiger partial charge in [0, 0.05) is 11.3 Å². The van der Waals surface area contributed by atoms with Gasteiger partial charge in [-0.25, -0.2) is 4.98 Å². The first-order valence-corrected chi connectivity index (χ1v) is 10.9. The predicted molar refractivity (Wildman–Crippen MR) is 128 cm³/mol. The summed E-state index contributed by atoms with van der Waals surface area (Å²) in [5.41, 5.74) is 6.79. The molecule has 1 aromatic heterocycles. The van der Waals surface area contributed by atoms with E-state index in [2.05, 4.69) is 50.1 Å². The zero-order valence-electron chi connectivity index (χ0n) is 18.9. The second-order valence-corrected chi connectivity index (χ2v) is 8.22. The molecule has 4 aromatic rings.